The minimum absolute atomic E-state index is 0.299. The molecule has 1 heterocycles. The largest absolute Gasteiger partial charge is 0.195 e. The van der Waals surface area contributed by atoms with Crippen LogP contribution in [0.25, 0.3) is 0 Å². The van der Waals surface area contributed by atoms with Crippen molar-refractivity contribution in [2.45, 2.75) is 16.7 Å². The third kappa shape index (κ3) is 13.1. The fraction of sp³-hybridized carbons (Fsp3) is 0.0323. The molecular weight excluding hydrogens is 1260 g/mol. The molecule has 0 N–H and O–H groups in total. The molecule has 1 aliphatic heterocycles. The van der Waals surface area contributed by atoms with Crippen LogP contribution in [0, 0.1) is 0 Å². The highest BCUT2D eigenvalue weighted by Gasteiger charge is 2.65. The molecule has 15 aromatic carbocycles. The Hall–Kier alpha value is -10.1. The van der Waals surface area contributed by atoms with Crippen LogP contribution in [-0.2, 0) is 0 Å². The van der Waals surface area contributed by atoms with Gasteiger partial charge in [-0.15, -0.1) is 0 Å². The summed E-state index contributed by atoms with van der Waals surface area (Å²) in [4.78, 5) is 0. The molecule has 0 nitrogen and oxygen atoms in total. The molecule has 0 aromatic heterocycles. The van der Waals surface area contributed by atoms with Crippen LogP contribution in [0.15, 0.2) is 455 Å². The molecule has 6 heteroatoms. The Bertz CT molecular complexity index is 4090. The van der Waals surface area contributed by atoms with Crippen molar-refractivity contribution >= 4 is 118 Å². The summed E-state index contributed by atoms with van der Waals surface area (Å²) in [6, 6.07) is 168. The lowest BCUT2D eigenvalue weighted by Crippen LogP contribution is -2.74. The fourth-order valence-electron chi connectivity index (χ4n) is 16.1. The molecule has 2 unspecified atom stereocenters. The van der Waals surface area contributed by atoms with Crippen molar-refractivity contribution in [2.24, 2.45) is 0 Å². The van der Waals surface area contributed by atoms with Crippen LogP contribution in [0.1, 0.15) is 11.5 Å². The van der Waals surface area contributed by atoms with E-state index in [4.69, 9.17) is 0 Å². The highest BCUT2D eigenvalue weighted by atomic mass is 31.7. The quantitative estimate of drug-likeness (QED) is 0.0630. The highest BCUT2D eigenvalue weighted by Crippen LogP contribution is 2.79. The molecule has 0 bridgehead atoms. The minimum atomic E-state index is -2.21. The monoisotopic (exact) mass is 1340 g/mol. The average Bonchev–Trinajstić information content (AvgIpc) is 1.53. The second-order valence-corrected chi connectivity index (χ2v) is 36.3. The molecular formula is C93H78B2P4. The van der Waals surface area contributed by atoms with E-state index in [0.29, 0.717) is 16.7 Å². The van der Waals surface area contributed by atoms with E-state index in [1.54, 1.807) is 0 Å². The van der Waals surface area contributed by atoms with Crippen molar-refractivity contribution in [2.75, 3.05) is 0 Å². The lowest BCUT2D eigenvalue weighted by molar-refractivity contribution is 0.822. The summed E-state index contributed by atoms with van der Waals surface area (Å²) in [7, 11) is -1.43. The first-order chi connectivity index (χ1) is 49.2. The van der Waals surface area contributed by atoms with Gasteiger partial charge in [-0.25, -0.2) is 0 Å². The maximum absolute atomic E-state index is 2.42. The van der Waals surface area contributed by atoms with Crippen molar-refractivity contribution in [3.05, 3.63) is 461 Å². The standard InChI is InChI=1S/C45H38P4.2C24H20B/c1-8-22-36(23-9-1)43-44(48(37-24-10-2-11-25-37,38-26-12-3-13-27-38)39-28-14-4-15-29-39)46-47-45(43)49(40-30-16-5-17-31-40,41-32-18-6-19-33-41)42-34-20-7-21-35-42;2*1-5-13-21(14-6-1)25(22-15-7-2-8-16-22,23-17-9-3-10-18-23)24-19-11-4-12-20-24/h1-35,43-45H;2*1-20H/q+2;2*-1. The van der Waals surface area contributed by atoms with Gasteiger partial charge in [0.05, 0.1) is 5.92 Å². The van der Waals surface area contributed by atoms with Crippen LogP contribution >= 0.6 is 30.3 Å². The number of benzene rings is 15. The van der Waals surface area contributed by atoms with Crippen LogP contribution in [0.3, 0.4) is 0 Å². The molecule has 1 aliphatic rings. The summed E-state index contributed by atoms with van der Waals surface area (Å²) in [5, 5.41) is 9.51. The summed E-state index contributed by atoms with van der Waals surface area (Å²) >= 11 is 0. The van der Waals surface area contributed by atoms with Gasteiger partial charge >= 0.3 is 0 Å². The van der Waals surface area contributed by atoms with Crippen LogP contribution in [0.4, 0.5) is 0 Å². The predicted octanol–water partition coefficient (Wildman–Crippen LogP) is 16.4. The Morgan fingerprint density at radius 1 is 0.162 bits per heavy atom. The van der Waals surface area contributed by atoms with Gasteiger partial charge in [-0.1, -0.05) is 382 Å². The lowest BCUT2D eigenvalue weighted by Gasteiger charge is -2.44. The molecule has 16 rings (SSSR count). The summed E-state index contributed by atoms with van der Waals surface area (Å²) in [6.07, 6.45) is -2.43. The van der Waals surface area contributed by atoms with Crippen molar-refractivity contribution in [1.82, 2.24) is 0 Å². The maximum atomic E-state index is 2.42. The molecule has 0 radical (unpaired) electrons. The zero-order valence-electron chi connectivity index (χ0n) is 55.5. The zero-order valence-corrected chi connectivity index (χ0v) is 59.1. The van der Waals surface area contributed by atoms with Crippen molar-refractivity contribution < 1.29 is 0 Å². The van der Waals surface area contributed by atoms with Crippen LogP contribution < -0.4 is 75.5 Å². The second-order valence-electron chi connectivity index (χ2n) is 25.5. The third-order valence-corrected chi connectivity index (χ3v) is 36.2. The van der Waals surface area contributed by atoms with E-state index in [1.807, 2.05) is 0 Å². The van der Waals surface area contributed by atoms with Gasteiger partial charge in [0.2, 0.25) is 0 Å². The first-order valence-electron chi connectivity index (χ1n) is 34.5. The van der Waals surface area contributed by atoms with E-state index in [2.05, 4.69) is 455 Å². The molecule has 0 aliphatic carbocycles. The fourth-order valence-corrected chi connectivity index (χ4v) is 36.2. The summed E-state index contributed by atoms with van der Waals surface area (Å²) in [6.45, 7) is 0. The Morgan fingerprint density at radius 2 is 0.293 bits per heavy atom. The number of hydrogen-bond acceptors (Lipinski definition) is 0. The Morgan fingerprint density at radius 3 is 0.444 bits per heavy atom. The number of hydrogen-bond donors (Lipinski definition) is 0. The van der Waals surface area contributed by atoms with E-state index in [0.717, 1.165) is 0 Å². The molecule has 0 saturated heterocycles. The summed E-state index contributed by atoms with van der Waals surface area (Å²) < 4.78 is 0. The number of rotatable bonds is 17. The van der Waals surface area contributed by atoms with E-state index in [9.17, 15) is 0 Å². The zero-order chi connectivity index (χ0) is 66.8. The molecule has 0 spiro atoms. The summed E-state index contributed by atoms with van der Waals surface area (Å²) in [5.74, 6) is 0.299. The molecule has 0 saturated carbocycles. The lowest BCUT2D eigenvalue weighted by atomic mass is 9.13. The maximum Gasteiger partial charge on any atom is 0.139 e. The van der Waals surface area contributed by atoms with Gasteiger partial charge in [0.1, 0.15) is 69.4 Å². The molecule has 0 fully saturated rings. The summed E-state index contributed by atoms with van der Waals surface area (Å²) in [5.41, 5.74) is 12.2. The first kappa shape index (κ1) is 66.1. The smallest absolute Gasteiger partial charge is 0.139 e. The normalized spacial score (nSPS) is 14.6. The minimum Gasteiger partial charge on any atom is -0.195 e. The Balaban J connectivity index is 0.000000140. The van der Waals surface area contributed by atoms with E-state index in [-0.39, 0.29) is 0 Å². The van der Waals surface area contributed by atoms with E-state index >= 15 is 0 Å². The Labute approximate surface area is 591 Å². The van der Waals surface area contributed by atoms with Gasteiger partial charge in [0.15, 0.2) is 0 Å². The van der Waals surface area contributed by atoms with Gasteiger partial charge in [-0.3, -0.25) is 0 Å². The average molecular weight is 1340 g/mol. The van der Waals surface area contributed by atoms with Crippen LogP contribution in [0.5, 0.6) is 0 Å². The van der Waals surface area contributed by atoms with Crippen molar-refractivity contribution in [3.63, 3.8) is 0 Å². The topological polar surface area (TPSA) is 0 Å². The Kier molecular flexibility index (Phi) is 21.1. The molecule has 476 valence electrons. The van der Waals surface area contributed by atoms with Crippen LogP contribution in [0.2, 0.25) is 0 Å². The van der Waals surface area contributed by atoms with Gasteiger partial charge < -0.3 is 0 Å². The van der Waals surface area contributed by atoms with Gasteiger partial charge in [-0.2, -0.15) is 43.7 Å². The molecule has 15 aromatic rings. The van der Waals surface area contributed by atoms with Gasteiger partial charge in [0.25, 0.3) is 0 Å². The van der Waals surface area contributed by atoms with E-state index < -0.39 is 26.8 Å². The van der Waals surface area contributed by atoms with Crippen LogP contribution in [-0.4, -0.2) is 23.1 Å². The van der Waals surface area contributed by atoms with Crippen molar-refractivity contribution in [1.29, 1.82) is 0 Å². The second kappa shape index (κ2) is 31.6. The predicted molar refractivity (Wildman–Crippen MR) is 441 cm³/mol. The van der Waals surface area contributed by atoms with Crippen molar-refractivity contribution in [3.8, 4) is 0 Å². The third-order valence-electron chi connectivity index (χ3n) is 20.3. The molecule has 0 amide bonds. The molecule has 2 atom stereocenters. The van der Waals surface area contributed by atoms with Gasteiger partial charge in [-0.05, 0) is 94.1 Å². The van der Waals surface area contributed by atoms with E-state index in [1.165, 1.54) is 96.8 Å². The molecule has 99 heavy (non-hydrogen) atoms. The SMILES string of the molecule is c1ccc(C2C([P+](c3ccccc3)(c3ccccc3)c3ccccc3)P=PC2[P+](c2ccccc2)(c2ccccc2)c2ccccc2)cc1.c1ccc([B-](c2ccccc2)(c2ccccc2)c2ccccc2)cc1.c1ccc([B-](c2ccccc2)(c2ccccc2)c2ccccc2)cc1. The first-order valence-corrected chi connectivity index (χ1v) is 40.8. The van der Waals surface area contributed by atoms with Gasteiger partial charge in [0, 0.05) is 0 Å². The highest BCUT2D eigenvalue weighted by molar-refractivity contribution is 8.09.